The molecule has 0 spiro atoms. The maximum atomic E-state index is 12.9. The van der Waals surface area contributed by atoms with E-state index in [4.69, 9.17) is 5.11 Å². The van der Waals surface area contributed by atoms with E-state index in [1.807, 2.05) is 0 Å². The number of hydrogen-bond donors (Lipinski definition) is 1. The molecule has 0 saturated heterocycles. The number of halogens is 3. The molecule has 1 saturated carbocycles. The van der Waals surface area contributed by atoms with Crippen molar-refractivity contribution in [3.63, 3.8) is 0 Å². The second-order valence-corrected chi connectivity index (χ2v) is 4.59. The van der Waals surface area contributed by atoms with Crippen molar-refractivity contribution in [3.05, 3.63) is 23.9 Å². The molecule has 0 atom stereocenters. The summed E-state index contributed by atoms with van der Waals surface area (Å²) in [4.78, 5) is 15.7. The van der Waals surface area contributed by atoms with E-state index in [0.717, 1.165) is 18.9 Å². The van der Waals surface area contributed by atoms with Gasteiger partial charge in [-0.2, -0.15) is 13.2 Å². The summed E-state index contributed by atoms with van der Waals surface area (Å²) in [6.45, 7) is -0.178. The highest BCUT2D eigenvalue weighted by molar-refractivity contribution is 5.73. The van der Waals surface area contributed by atoms with Crippen molar-refractivity contribution in [1.29, 1.82) is 0 Å². The van der Waals surface area contributed by atoms with Gasteiger partial charge in [0.05, 0.1) is 5.56 Å². The third-order valence-corrected chi connectivity index (χ3v) is 2.89. The molecule has 0 aliphatic heterocycles. The zero-order valence-corrected chi connectivity index (χ0v) is 10.0. The van der Waals surface area contributed by atoms with Crippen LogP contribution in [0.25, 0.3) is 0 Å². The Balaban J connectivity index is 2.31. The Morgan fingerprint density at radius 2 is 2.16 bits per heavy atom. The number of alkyl halides is 3. The Labute approximate surface area is 107 Å². The lowest BCUT2D eigenvalue weighted by molar-refractivity contribution is -0.138. The largest absolute Gasteiger partial charge is 0.480 e. The third-order valence-electron chi connectivity index (χ3n) is 2.89. The zero-order valence-electron chi connectivity index (χ0n) is 10.0. The first-order valence-corrected chi connectivity index (χ1v) is 5.87. The molecule has 1 N–H and O–H groups in total. The summed E-state index contributed by atoms with van der Waals surface area (Å²) in [5.74, 6) is -1.20. The second-order valence-electron chi connectivity index (χ2n) is 4.59. The lowest BCUT2D eigenvalue weighted by atomic mass is 10.2. The summed E-state index contributed by atoms with van der Waals surface area (Å²) < 4.78 is 38.7. The Kier molecular flexibility index (Phi) is 3.64. The molecule has 0 radical (unpaired) electrons. The normalized spacial score (nSPS) is 15.3. The molecule has 1 fully saturated rings. The van der Waals surface area contributed by atoms with Gasteiger partial charge in [0.25, 0.3) is 0 Å². The van der Waals surface area contributed by atoms with Crippen molar-refractivity contribution in [2.45, 2.75) is 19.0 Å². The number of carboxylic acids is 1. The summed E-state index contributed by atoms with van der Waals surface area (Å²) >= 11 is 0. The van der Waals surface area contributed by atoms with Crippen LogP contribution in [0, 0.1) is 5.92 Å². The first-order chi connectivity index (χ1) is 8.88. The van der Waals surface area contributed by atoms with Crippen LogP contribution in [0.3, 0.4) is 0 Å². The van der Waals surface area contributed by atoms with Crippen LogP contribution in [0.2, 0.25) is 0 Å². The molecule has 7 heteroatoms. The highest BCUT2D eigenvalue weighted by Gasteiger charge is 2.37. The SMILES string of the molecule is O=C(O)CN(CC1CC1)c1ncccc1C(F)(F)F. The summed E-state index contributed by atoms with van der Waals surface area (Å²) in [5.41, 5.74) is -0.892. The summed E-state index contributed by atoms with van der Waals surface area (Å²) in [6.07, 6.45) is -1.45. The molecule has 1 aliphatic rings. The van der Waals surface area contributed by atoms with Crippen molar-refractivity contribution in [1.82, 2.24) is 4.98 Å². The number of anilines is 1. The number of rotatable bonds is 5. The molecule has 4 nitrogen and oxygen atoms in total. The van der Waals surface area contributed by atoms with E-state index in [9.17, 15) is 18.0 Å². The number of aliphatic carboxylic acids is 1. The number of carboxylic acid groups (broad SMARTS) is 1. The Bertz CT molecular complexity index is 472. The first kappa shape index (κ1) is 13.6. The van der Waals surface area contributed by atoms with Gasteiger partial charge in [-0.15, -0.1) is 0 Å². The fourth-order valence-corrected chi connectivity index (χ4v) is 1.87. The zero-order chi connectivity index (χ0) is 14.0. The number of hydrogen-bond acceptors (Lipinski definition) is 3. The molecule has 1 aromatic rings. The molecular formula is C12H13F3N2O2. The van der Waals surface area contributed by atoms with Gasteiger partial charge in [-0.25, -0.2) is 4.98 Å². The maximum absolute atomic E-state index is 12.9. The lowest BCUT2D eigenvalue weighted by Crippen LogP contribution is -2.34. The Hall–Kier alpha value is -1.79. The summed E-state index contributed by atoms with van der Waals surface area (Å²) in [6, 6.07) is 2.12. The van der Waals surface area contributed by atoms with Crippen LogP contribution < -0.4 is 4.90 Å². The van der Waals surface area contributed by atoms with Crippen molar-refractivity contribution < 1.29 is 23.1 Å². The summed E-state index contributed by atoms with van der Waals surface area (Å²) in [7, 11) is 0. The molecule has 19 heavy (non-hydrogen) atoms. The van der Waals surface area contributed by atoms with Crippen LogP contribution in [-0.2, 0) is 11.0 Å². The number of nitrogens with zero attached hydrogens (tertiary/aromatic N) is 2. The quantitative estimate of drug-likeness (QED) is 0.895. The smallest absolute Gasteiger partial charge is 0.419 e. The molecule has 1 aliphatic carbocycles. The minimum absolute atomic E-state index is 0.266. The lowest BCUT2D eigenvalue weighted by Gasteiger charge is -2.24. The van der Waals surface area contributed by atoms with Gasteiger partial charge in [0.1, 0.15) is 12.4 Å². The van der Waals surface area contributed by atoms with Crippen molar-refractivity contribution in [2.75, 3.05) is 18.0 Å². The van der Waals surface area contributed by atoms with E-state index >= 15 is 0 Å². The van der Waals surface area contributed by atoms with E-state index in [1.54, 1.807) is 0 Å². The number of aromatic nitrogens is 1. The predicted molar refractivity (Wildman–Crippen MR) is 61.8 cm³/mol. The predicted octanol–water partition coefficient (Wildman–Crippen LogP) is 2.40. The van der Waals surface area contributed by atoms with E-state index in [-0.39, 0.29) is 11.7 Å². The standard InChI is InChI=1S/C12H13F3N2O2/c13-12(14,15)9-2-1-5-16-11(9)17(7-10(18)19)6-8-3-4-8/h1-2,5,8H,3-4,6-7H2,(H,18,19). The van der Waals surface area contributed by atoms with Gasteiger partial charge in [-0.05, 0) is 30.9 Å². The molecule has 104 valence electrons. The van der Waals surface area contributed by atoms with Crippen molar-refractivity contribution in [3.8, 4) is 0 Å². The molecule has 0 aromatic carbocycles. The van der Waals surface area contributed by atoms with E-state index in [2.05, 4.69) is 4.98 Å². The molecule has 1 aromatic heterocycles. The topological polar surface area (TPSA) is 53.4 Å². The van der Waals surface area contributed by atoms with Gasteiger partial charge >= 0.3 is 12.1 Å². The van der Waals surface area contributed by atoms with Gasteiger partial charge in [0, 0.05) is 12.7 Å². The number of pyridine rings is 1. The average molecular weight is 274 g/mol. The number of carbonyl (C=O) groups is 1. The van der Waals surface area contributed by atoms with Crippen molar-refractivity contribution in [2.24, 2.45) is 5.92 Å². The highest BCUT2D eigenvalue weighted by Crippen LogP contribution is 2.37. The fourth-order valence-electron chi connectivity index (χ4n) is 1.87. The fraction of sp³-hybridized carbons (Fsp3) is 0.500. The minimum atomic E-state index is -4.54. The van der Waals surface area contributed by atoms with E-state index in [1.165, 1.54) is 17.2 Å². The van der Waals surface area contributed by atoms with Gasteiger partial charge in [-0.1, -0.05) is 0 Å². The average Bonchev–Trinajstić information content (AvgIpc) is 3.10. The summed E-state index contributed by atoms with van der Waals surface area (Å²) in [5, 5.41) is 8.82. The molecular weight excluding hydrogens is 261 g/mol. The van der Waals surface area contributed by atoms with Crippen LogP contribution in [0.15, 0.2) is 18.3 Å². The van der Waals surface area contributed by atoms with E-state index in [0.29, 0.717) is 6.54 Å². The van der Waals surface area contributed by atoms with E-state index < -0.39 is 24.3 Å². The molecule has 0 bridgehead atoms. The van der Waals surface area contributed by atoms with Gasteiger partial charge in [-0.3, -0.25) is 4.79 Å². The highest BCUT2D eigenvalue weighted by atomic mass is 19.4. The third kappa shape index (κ3) is 3.59. The van der Waals surface area contributed by atoms with Crippen LogP contribution in [0.5, 0.6) is 0 Å². The van der Waals surface area contributed by atoms with Crippen LogP contribution in [0.4, 0.5) is 19.0 Å². The van der Waals surface area contributed by atoms with Gasteiger partial charge < -0.3 is 10.0 Å². The van der Waals surface area contributed by atoms with Crippen LogP contribution in [-0.4, -0.2) is 29.1 Å². The van der Waals surface area contributed by atoms with Crippen LogP contribution in [0.1, 0.15) is 18.4 Å². The second kappa shape index (κ2) is 5.07. The molecule has 1 heterocycles. The molecule has 2 rings (SSSR count). The first-order valence-electron chi connectivity index (χ1n) is 5.87. The maximum Gasteiger partial charge on any atom is 0.419 e. The van der Waals surface area contributed by atoms with Crippen molar-refractivity contribution >= 4 is 11.8 Å². The van der Waals surface area contributed by atoms with Gasteiger partial charge in [0.2, 0.25) is 0 Å². The molecule has 0 amide bonds. The monoisotopic (exact) mass is 274 g/mol. The van der Waals surface area contributed by atoms with Gasteiger partial charge in [0.15, 0.2) is 0 Å². The molecule has 0 unspecified atom stereocenters. The Morgan fingerprint density at radius 3 is 2.68 bits per heavy atom. The minimum Gasteiger partial charge on any atom is -0.480 e. The van der Waals surface area contributed by atoms with Crippen LogP contribution >= 0.6 is 0 Å². The Morgan fingerprint density at radius 1 is 1.47 bits per heavy atom.